The fraction of sp³-hybridized carbons (Fsp3) is 0. The first kappa shape index (κ1) is 10.2. The maximum Gasteiger partial charge on any atom is 1.00 e. The van der Waals surface area contributed by atoms with Crippen LogP contribution in [0.3, 0.4) is 0 Å². The van der Waals surface area contributed by atoms with Crippen LogP contribution in [0.4, 0.5) is 0 Å². The molecular formula is C5H3KN2O2. The summed E-state index contributed by atoms with van der Waals surface area (Å²) in [6.07, 6.45) is 3.83. The maximum absolute atomic E-state index is 9.99. The second kappa shape index (κ2) is 4.92. The summed E-state index contributed by atoms with van der Waals surface area (Å²) in [6, 6.07) is 0. The van der Waals surface area contributed by atoms with Gasteiger partial charge in [0.2, 0.25) is 0 Å². The summed E-state index contributed by atoms with van der Waals surface area (Å²) in [5.41, 5.74) is -0.141. The Hall–Kier alpha value is 0.186. The SMILES string of the molecule is O=C([O-])c1cnccn1.[K+]. The zero-order chi connectivity index (χ0) is 6.69. The minimum Gasteiger partial charge on any atom is -0.543 e. The number of carboxylic acid groups (broad SMARTS) is 1. The molecule has 1 heterocycles. The Balaban J connectivity index is 0.000000810. The molecule has 0 unspecified atom stereocenters. The van der Waals surface area contributed by atoms with Crippen LogP contribution in [0.25, 0.3) is 0 Å². The average Bonchev–Trinajstić information content (AvgIpc) is 1.90. The van der Waals surface area contributed by atoms with Crippen LogP contribution in [-0.2, 0) is 0 Å². The van der Waals surface area contributed by atoms with Crippen LogP contribution in [-0.4, -0.2) is 15.9 Å². The minimum atomic E-state index is -1.30. The van der Waals surface area contributed by atoms with Gasteiger partial charge in [0.15, 0.2) is 0 Å². The zero-order valence-electron chi connectivity index (χ0n) is 5.44. The number of carbonyl (C=O) groups is 1. The van der Waals surface area contributed by atoms with Crippen LogP contribution in [0.1, 0.15) is 10.5 Å². The number of rotatable bonds is 1. The average molecular weight is 162 g/mol. The van der Waals surface area contributed by atoms with Crippen molar-refractivity contribution in [3.63, 3.8) is 0 Å². The summed E-state index contributed by atoms with van der Waals surface area (Å²) in [7, 11) is 0. The summed E-state index contributed by atoms with van der Waals surface area (Å²) in [6.45, 7) is 0. The van der Waals surface area contributed by atoms with Crippen LogP contribution in [0.15, 0.2) is 18.6 Å². The Morgan fingerprint density at radius 1 is 1.50 bits per heavy atom. The summed E-state index contributed by atoms with van der Waals surface area (Å²) in [4.78, 5) is 17.0. The van der Waals surface area contributed by atoms with E-state index in [4.69, 9.17) is 0 Å². The molecule has 1 aromatic heterocycles. The summed E-state index contributed by atoms with van der Waals surface area (Å²) in [5.74, 6) is -1.30. The van der Waals surface area contributed by atoms with Crippen molar-refractivity contribution >= 4 is 5.97 Å². The van der Waals surface area contributed by atoms with Crippen molar-refractivity contribution < 1.29 is 61.3 Å². The number of nitrogens with zero attached hydrogens (tertiary/aromatic N) is 2. The molecule has 4 nitrogen and oxygen atoms in total. The molecule has 0 aliphatic heterocycles. The molecule has 5 heteroatoms. The van der Waals surface area contributed by atoms with Gasteiger partial charge in [0, 0.05) is 12.4 Å². The summed E-state index contributed by atoms with van der Waals surface area (Å²) < 4.78 is 0. The predicted molar refractivity (Wildman–Crippen MR) is 26.4 cm³/mol. The first-order chi connectivity index (χ1) is 4.30. The first-order valence-corrected chi connectivity index (χ1v) is 2.28. The van der Waals surface area contributed by atoms with Crippen LogP contribution in [0, 0.1) is 0 Å². The molecule has 0 radical (unpaired) electrons. The standard InChI is InChI=1S/C5H4N2O2.K/c8-5(9)4-3-6-1-2-7-4;/h1-3H,(H,8,9);/q;+1/p-1. The van der Waals surface area contributed by atoms with E-state index in [0.29, 0.717) is 0 Å². The molecule has 0 atom stereocenters. The molecule has 0 aromatic carbocycles. The third-order valence-electron chi connectivity index (χ3n) is 0.772. The van der Waals surface area contributed by atoms with Gasteiger partial charge in [-0.3, -0.25) is 9.97 Å². The second-order valence-corrected chi connectivity index (χ2v) is 1.38. The number of aromatic nitrogens is 2. The van der Waals surface area contributed by atoms with Crippen LogP contribution >= 0.6 is 0 Å². The van der Waals surface area contributed by atoms with Crippen molar-refractivity contribution in [3.8, 4) is 0 Å². The van der Waals surface area contributed by atoms with Gasteiger partial charge in [-0.05, 0) is 0 Å². The number of carbonyl (C=O) groups excluding carboxylic acids is 1. The van der Waals surface area contributed by atoms with Gasteiger partial charge >= 0.3 is 51.4 Å². The Bertz CT molecular complexity index is 214. The van der Waals surface area contributed by atoms with Gasteiger partial charge in [0.1, 0.15) is 5.69 Å². The summed E-state index contributed by atoms with van der Waals surface area (Å²) >= 11 is 0. The molecule has 1 rings (SSSR count). The molecule has 0 bridgehead atoms. The van der Waals surface area contributed by atoms with E-state index in [1.807, 2.05) is 0 Å². The van der Waals surface area contributed by atoms with E-state index in [9.17, 15) is 9.90 Å². The van der Waals surface area contributed by atoms with Crippen molar-refractivity contribution in [2.75, 3.05) is 0 Å². The van der Waals surface area contributed by atoms with Crippen molar-refractivity contribution in [2.45, 2.75) is 0 Å². The zero-order valence-corrected chi connectivity index (χ0v) is 8.57. The van der Waals surface area contributed by atoms with Gasteiger partial charge in [-0.1, -0.05) is 0 Å². The number of carboxylic acids is 1. The number of hydrogen-bond donors (Lipinski definition) is 0. The molecule has 0 N–H and O–H groups in total. The molecule has 0 saturated carbocycles. The quantitative estimate of drug-likeness (QED) is 0.393. The largest absolute Gasteiger partial charge is 1.00 e. The van der Waals surface area contributed by atoms with Crippen molar-refractivity contribution in [2.24, 2.45) is 0 Å². The Morgan fingerprint density at radius 2 is 2.20 bits per heavy atom. The fourth-order valence-electron chi connectivity index (χ4n) is 0.405. The third kappa shape index (κ3) is 2.85. The number of aromatic carboxylic acids is 1. The molecule has 0 amide bonds. The Morgan fingerprint density at radius 3 is 2.50 bits per heavy atom. The maximum atomic E-state index is 9.99. The van der Waals surface area contributed by atoms with E-state index in [0.717, 1.165) is 6.20 Å². The van der Waals surface area contributed by atoms with E-state index in [-0.39, 0.29) is 57.1 Å². The molecule has 0 saturated heterocycles. The van der Waals surface area contributed by atoms with Crippen LogP contribution in [0.5, 0.6) is 0 Å². The molecule has 0 fully saturated rings. The van der Waals surface area contributed by atoms with Crippen molar-refractivity contribution in [1.82, 2.24) is 9.97 Å². The summed E-state index contributed by atoms with van der Waals surface area (Å²) in [5, 5.41) is 9.99. The van der Waals surface area contributed by atoms with Crippen molar-refractivity contribution in [3.05, 3.63) is 24.3 Å². The molecule has 46 valence electrons. The van der Waals surface area contributed by atoms with Gasteiger partial charge < -0.3 is 9.90 Å². The van der Waals surface area contributed by atoms with Gasteiger partial charge in [-0.15, -0.1) is 0 Å². The van der Waals surface area contributed by atoms with E-state index in [2.05, 4.69) is 9.97 Å². The van der Waals surface area contributed by atoms with Gasteiger partial charge in [-0.2, -0.15) is 0 Å². The number of hydrogen-bond acceptors (Lipinski definition) is 4. The van der Waals surface area contributed by atoms with E-state index >= 15 is 0 Å². The smallest absolute Gasteiger partial charge is 0.543 e. The van der Waals surface area contributed by atoms with Gasteiger partial charge in [0.05, 0.1) is 12.2 Å². The van der Waals surface area contributed by atoms with E-state index in [1.54, 1.807) is 0 Å². The molecule has 0 spiro atoms. The molecule has 10 heavy (non-hydrogen) atoms. The van der Waals surface area contributed by atoms with Crippen LogP contribution in [0.2, 0.25) is 0 Å². The first-order valence-electron chi connectivity index (χ1n) is 2.28. The van der Waals surface area contributed by atoms with Crippen LogP contribution < -0.4 is 56.5 Å². The second-order valence-electron chi connectivity index (χ2n) is 1.38. The third-order valence-corrected chi connectivity index (χ3v) is 0.772. The normalized spacial score (nSPS) is 8.00. The van der Waals surface area contributed by atoms with E-state index in [1.165, 1.54) is 12.4 Å². The van der Waals surface area contributed by atoms with Gasteiger partial charge in [-0.25, -0.2) is 0 Å². The topological polar surface area (TPSA) is 65.9 Å². The molecule has 0 aliphatic rings. The van der Waals surface area contributed by atoms with Gasteiger partial charge in [0.25, 0.3) is 0 Å². The minimum absolute atomic E-state index is 0. The van der Waals surface area contributed by atoms with E-state index < -0.39 is 5.97 Å². The van der Waals surface area contributed by atoms with Crippen molar-refractivity contribution in [1.29, 1.82) is 0 Å². The molecule has 0 aliphatic carbocycles. The Kier molecular flexibility index (Phi) is 5.01. The molecule has 1 aromatic rings. The predicted octanol–water partition coefficient (Wildman–Crippen LogP) is -4.16. The Labute approximate surface area is 100 Å². The fourth-order valence-corrected chi connectivity index (χ4v) is 0.405. The molecular weight excluding hydrogens is 159 g/mol. The monoisotopic (exact) mass is 162 g/mol.